The molecule has 2 heterocycles. The Bertz CT molecular complexity index is 756. The molecule has 19 heavy (non-hydrogen) atoms. The molecule has 0 fully saturated rings. The molecule has 4 nitrogen and oxygen atoms in total. The monoisotopic (exact) mass is 289 g/mol. The Morgan fingerprint density at radius 3 is 3.00 bits per heavy atom. The smallest absolute Gasteiger partial charge is 0.156 e. The zero-order chi connectivity index (χ0) is 13.2. The summed E-state index contributed by atoms with van der Waals surface area (Å²) in [4.78, 5) is 18.8. The van der Waals surface area contributed by atoms with Crippen LogP contribution in [0, 0.1) is 0 Å². The lowest BCUT2D eigenvalue weighted by atomic mass is 10.2. The third-order valence-corrected chi connectivity index (χ3v) is 3.87. The summed E-state index contributed by atoms with van der Waals surface area (Å²) in [7, 11) is 0. The molecule has 94 valence electrons. The van der Waals surface area contributed by atoms with Crippen LogP contribution < -0.4 is 5.32 Å². The highest BCUT2D eigenvalue weighted by atomic mass is 35.5. The first-order chi connectivity index (χ1) is 9.28. The average Bonchev–Trinajstić information content (AvgIpc) is 2.86. The minimum atomic E-state index is 0.143. The minimum Gasteiger partial charge on any atom is -0.339 e. The minimum absolute atomic E-state index is 0.143. The van der Waals surface area contributed by atoms with E-state index in [1.807, 2.05) is 29.6 Å². The largest absolute Gasteiger partial charge is 0.339 e. The summed E-state index contributed by atoms with van der Waals surface area (Å²) in [6, 6.07) is 7.99. The quantitative estimate of drug-likeness (QED) is 0.587. The van der Waals surface area contributed by atoms with E-state index < -0.39 is 0 Å². The Labute approximate surface area is 118 Å². The molecule has 1 N–H and O–H groups in total. The molecule has 0 spiro atoms. The Morgan fingerprint density at radius 1 is 1.26 bits per heavy atom. The Morgan fingerprint density at radius 2 is 2.16 bits per heavy atom. The SMILES string of the molecule is O=Cc1c(Cl)ncnc1Nc1ccc2sccc2c1. The number of nitrogens with one attached hydrogen (secondary N) is 1. The summed E-state index contributed by atoms with van der Waals surface area (Å²) in [5, 5.41) is 6.40. The van der Waals surface area contributed by atoms with Crippen LogP contribution >= 0.6 is 22.9 Å². The van der Waals surface area contributed by atoms with E-state index >= 15 is 0 Å². The van der Waals surface area contributed by atoms with Gasteiger partial charge in [0.15, 0.2) is 6.29 Å². The van der Waals surface area contributed by atoms with E-state index in [2.05, 4.69) is 15.3 Å². The predicted molar refractivity (Wildman–Crippen MR) is 77.5 cm³/mol. The summed E-state index contributed by atoms with van der Waals surface area (Å²) in [5.74, 6) is 0.407. The molecule has 0 amide bonds. The summed E-state index contributed by atoms with van der Waals surface area (Å²) in [5.41, 5.74) is 1.11. The maximum atomic E-state index is 11.0. The number of fused-ring (bicyclic) bond motifs is 1. The molecule has 0 saturated carbocycles. The number of hydrogen-bond donors (Lipinski definition) is 1. The molecule has 1 aromatic carbocycles. The van der Waals surface area contributed by atoms with Crippen LogP contribution in [0.25, 0.3) is 10.1 Å². The van der Waals surface area contributed by atoms with Gasteiger partial charge in [-0.25, -0.2) is 9.97 Å². The van der Waals surface area contributed by atoms with Crippen molar-refractivity contribution in [3.8, 4) is 0 Å². The van der Waals surface area contributed by atoms with Gasteiger partial charge in [-0.3, -0.25) is 4.79 Å². The zero-order valence-corrected chi connectivity index (χ0v) is 11.2. The molecule has 0 aliphatic rings. The van der Waals surface area contributed by atoms with Crippen molar-refractivity contribution in [2.45, 2.75) is 0 Å². The number of carbonyl (C=O) groups is 1. The molecule has 6 heteroatoms. The number of nitrogens with zero attached hydrogens (tertiary/aromatic N) is 2. The molecule has 0 aliphatic carbocycles. The van der Waals surface area contributed by atoms with Gasteiger partial charge in [-0.15, -0.1) is 11.3 Å². The lowest BCUT2D eigenvalue weighted by Crippen LogP contribution is -2.00. The van der Waals surface area contributed by atoms with Gasteiger partial charge in [-0.05, 0) is 35.0 Å². The molecule has 0 radical (unpaired) electrons. The van der Waals surface area contributed by atoms with Gasteiger partial charge in [0.05, 0.1) is 5.56 Å². The second-order valence-electron chi connectivity index (χ2n) is 3.84. The van der Waals surface area contributed by atoms with Gasteiger partial charge in [-0.2, -0.15) is 0 Å². The van der Waals surface area contributed by atoms with Crippen molar-refractivity contribution in [2.75, 3.05) is 5.32 Å². The van der Waals surface area contributed by atoms with E-state index in [1.54, 1.807) is 11.3 Å². The van der Waals surface area contributed by atoms with Crippen molar-refractivity contribution < 1.29 is 4.79 Å². The third-order valence-electron chi connectivity index (χ3n) is 2.67. The first-order valence-corrected chi connectivity index (χ1v) is 6.73. The number of hydrogen-bond acceptors (Lipinski definition) is 5. The lowest BCUT2D eigenvalue weighted by molar-refractivity contribution is 0.112. The van der Waals surface area contributed by atoms with Crippen molar-refractivity contribution in [3.05, 3.63) is 46.7 Å². The molecule has 3 rings (SSSR count). The Balaban J connectivity index is 2.00. The van der Waals surface area contributed by atoms with E-state index in [0.717, 1.165) is 11.1 Å². The van der Waals surface area contributed by atoms with Crippen LogP contribution in [0.15, 0.2) is 36.0 Å². The highest BCUT2D eigenvalue weighted by Crippen LogP contribution is 2.27. The first kappa shape index (κ1) is 12.1. The lowest BCUT2D eigenvalue weighted by Gasteiger charge is -2.08. The first-order valence-electron chi connectivity index (χ1n) is 5.48. The van der Waals surface area contributed by atoms with Crippen LogP contribution in [0.5, 0.6) is 0 Å². The van der Waals surface area contributed by atoms with Gasteiger partial charge in [0, 0.05) is 10.4 Å². The van der Waals surface area contributed by atoms with E-state index in [1.165, 1.54) is 11.0 Å². The van der Waals surface area contributed by atoms with Crippen molar-refractivity contribution >= 4 is 50.8 Å². The van der Waals surface area contributed by atoms with Crippen molar-refractivity contribution in [1.82, 2.24) is 9.97 Å². The molecular formula is C13H8ClN3OS. The predicted octanol–water partition coefficient (Wildman–Crippen LogP) is 3.90. The molecule has 0 bridgehead atoms. The standard InChI is InChI=1S/C13H8ClN3OS/c14-12-10(6-18)13(16-7-15-12)17-9-1-2-11-8(5-9)3-4-19-11/h1-7H,(H,15,16,17). The van der Waals surface area contributed by atoms with Crippen LogP contribution in [-0.4, -0.2) is 16.3 Å². The highest BCUT2D eigenvalue weighted by molar-refractivity contribution is 7.17. The molecule has 0 saturated heterocycles. The van der Waals surface area contributed by atoms with Gasteiger partial charge in [0.2, 0.25) is 0 Å². The van der Waals surface area contributed by atoms with Crippen LogP contribution in [0.3, 0.4) is 0 Å². The fourth-order valence-electron chi connectivity index (χ4n) is 1.76. The van der Waals surface area contributed by atoms with Gasteiger partial charge in [0.1, 0.15) is 17.3 Å². The maximum absolute atomic E-state index is 11.0. The fraction of sp³-hybridized carbons (Fsp3) is 0. The van der Waals surface area contributed by atoms with Crippen LogP contribution in [0.1, 0.15) is 10.4 Å². The number of carbonyl (C=O) groups excluding carboxylic acids is 1. The number of anilines is 2. The van der Waals surface area contributed by atoms with Crippen LogP contribution in [-0.2, 0) is 0 Å². The van der Waals surface area contributed by atoms with Gasteiger partial charge < -0.3 is 5.32 Å². The summed E-state index contributed by atoms with van der Waals surface area (Å²) >= 11 is 7.53. The molecular weight excluding hydrogens is 282 g/mol. The van der Waals surface area contributed by atoms with E-state index in [-0.39, 0.29) is 10.7 Å². The van der Waals surface area contributed by atoms with Crippen molar-refractivity contribution in [2.24, 2.45) is 0 Å². The van der Waals surface area contributed by atoms with Crippen LogP contribution in [0.2, 0.25) is 5.15 Å². The number of aromatic nitrogens is 2. The number of rotatable bonds is 3. The number of aldehydes is 1. The van der Waals surface area contributed by atoms with Gasteiger partial charge in [-0.1, -0.05) is 11.6 Å². The van der Waals surface area contributed by atoms with E-state index in [4.69, 9.17) is 11.6 Å². The topological polar surface area (TPSA) is 54.9 Å². The second-order valence-corrected chi connectivity index (χ2v) is 5.15. The van der Waals surface area contributed by atoms with Crippen LogP contribution in [0.4, 0.5) is 11.5 Å². The Kier molecular flexibility index (Phi) is 3.15. The third kappa shape index (κ3) is 2.30. The zero-order valence-electron chi connectivity index (χ0n) is 9.63. The number of benzene rings is 1. The highest BCUT2D eigenvalue weighted by Gasteiger charge is 2.09. The second kappa shape index (κ2) is 4.95. The van der Waals surface area contributed by atoms with Gasteiger partial charge in [0.25, 0.3) is 0 Å². The molecule has 0 unspecified atom stereocenters. The van der Waals surface area contributed by atoms with Gasteiger partial charge >= 0.3 is 0 Å². The average molecular weight is 290 g/mol. The van der Waals surface area contributed by atoms with Crippen molar-refractivity contribution in [3.63, 3.8) is 0 Å². The molecule has 0 aliphatic heterocycles. The Hall–Kier alpha value is -1.98. The summed E-state index contributed by atoms with van der Waals surface area (Å²) in [6.07, 6.45) is 1.97. The number of halogens is 1. The number of thiophene rings is 1. The van der Waals surface area contributed by atoms with E-state index in [0.29, 0.717) is 12.1 Å². The fourth-order valence-corrected chi connectivity index (χ4v) is 2.71. The molecule has 2 aromatic heterocycles. The summed E-state index contributed by atoms with van der Waals surface area (Å²) < 4.78 is 1.21. The molecule has 0 atom stereocenters. The van der Waals surface area contributed by atoms with E-state index in [9.17, 15) is 4.79 Å². The normalized spacial score (nSPS) is 10.6. The summed E-state index contributed by atoms with van der Waals surface area (Å²) in [6.45, 7) is 0. The van der Waals surface area contributed by atoms with Crippen molar-refractivity contribution in [1.29, 1.82) is 0 Å². The maximum Gasteiger partial charge on any atom is 0.156 e. The molecule has 3 aromatic rings.